The van der Waals surface area contributed by atoms with E-state index in [9.17, 15) is 19.5 Å². The molecule has 3 atom stereocenters. The van der Waals surface area contributed by atoms with E-state index in [0.717, 1.165) is 16.7 Å². The number of carbonyl (C=O) groups is 3. The Morgan fingerprint density at radius 2 is 1.23 bits per heavy atom. The van der Waals surface area contributed by atoms with Crippen LogP contribution in [0.2, 0.25) is 0 Å². The van der Waals surface area contributed by atoms with Gasteiger partial charge in [-0.25, -0.2) is 9.59 Å². The smallest absolute Gasteiger partial charge is 0.329 e. The van der Waals surface area contributed by atoms with Gasteiger partial charge < -0.3 is 19.8 Å². The first kappa shape index (κ1) is 24.0. The van der Waals surface area contributed by atoms with Crippen molar-refractivity contribution in [3.05, 3.63) is 108 Å². The van der Waals surface area contributed by atoms with Crippen molar-refractivity contribution in [2.75, 3.05) is 7.05 Å². The quantitative estimate of drug-likeness (QED) is 0.535. The molecular weight excluding hydrogens is 442 g/mol. The number of nitrogens with zero attached hydrogens (tertiary/aromatic N) is 3. The van der Waals surface area contributed by atoms with Crippen LogP contribution in [0.25, 0.3) is 0 Å². The lowest BCUT2D eigenvalue weighted by Crippen LogP contribution is -2.52. The molecule has 1 heterocycles. The van der Waals surface area contributed by atoms with Crippen LogP contribution in [0.3, 0.4) is 0 Å². The normalized spacial score (nSPS) is 18.4. The maximum absolute atomic E-state index is 13.9. The van der Waals surface area contributed by atoms with E-state index in [1.807, 2.05) is 97.9 Å². The van der Waals surface area contributed by atoms with Gasteiger partial charge in [0.2, 0.25) is 5.91 Å². The summed E-state index contributed by atoms with van der Waals surface area (Å²) >= 11 is 0. The number of carboxylic acids is 1. The number of aliphatic carboxylic acids is 1. The Balaban J connectivity index is 1.71. The Labute approximate surface area is 205 Å². The third-order valence-corrected chi connectivity index (χ3v) is 6.57. The van der Waals surface area contributed by atoms with E-state index in [1.54, 1.807) is 7.05 Å². The highest BCUT2D eigenvalue weighted by Gasteiger charge is 2.54. The van der Waals surface area contributed by atoms with Crippen LogP contribution in [0.4, 0.5) is 4.79 Å². The van der Waals surface area contributed by atoms with Crippen molar-refractivity contribution < 1.29 is 19.5 Å². The van der Waals surface area contributed by atoms with Gasteiger partial charge in [-0.2, -0.15) is 0 Å². The van der Waals surface area contributed by atoms with Crippen molar-refractivity contribution in [2.24, 2.45) is 0 Å². The minimum Gasteiger partial charge on any atom is -0.480 e. The van der Waals surface area contributed by atoms with Crippen molar-refractivity contribution in [2.45, 2.75) is 38.1 Å². The van der Waals surface area contributed by atoms with E-state index < -0.39 is 30.0 Å². The van der Waals surface area contributed by atoms with Gasteiger partial charge in [0.05, 0.1) is 6.04 Å². The van der Waals surface area contributed by atoms with Gasteiger partial charge in [0.15, 0.2) is 6.04 Å². The van der Waals surface area contributed by atoms with Gasteiger partial charge in [-0.3, -0.25) is 4.79 Å². The second-order valence-electron chi connectivity index (χ2n) is 8.77. The zero-order valence-electron chi connectivity index (χ0n) is 19.8. The van der Waals surface area contributed by atoms with Crippen molar-refractivity contribution >= 4 is 17.9 Å². The molecule has 0 radical (unpaired) electrons. The lowest BCUT2D eigenvalue weighted by Gasteiger charge is -2.32. The molecule has 7 nitrogen and oxygen atoms in total. The predicted molar refractivity (Wildman–Crippen MR) is 132 cm³/mol. The van der Waals surface area contributed by atoms with Gasteiger partial charge in [-0.05, 0) is 23.6 Å². The summed E-state index contributed by atoms with van der Waals surface area (Å²) in [5.74, 6) is -1.61. The molecule has 3 aromatic rings. The number of carbonyl (C=O) groups excluding carboxylic acids is 2. The standard InChI is InChI=1S/C28H29N3O4/c1-20(23-16-10-5-11-17-23)29(2)26(32)24-25(27(33)34)31(19-22-14-8-4-9-15-22)28(35)30(24)18-21-12-6-3-7-13-21/h3-17,20,24-25H,18-19H2,1-2H3,(H,33,34)/t20-,24-,25+/m1/s1. The van der Waals surface area contributed by atoms with Crippen LogP contribution in [0.1, 0.15) is 29.7 Å². The van der Waals surface area contributed by atoms with Crippen molar-refractivity contribution in [1.82, 2.24) is 14.7 Å². The monoisotopic (exact) mass is 471 g/mol. The first-order chi connectivity index (χ1) is 16.9. The molecule has 1 saturated heterocycles. The van der Waals surface area contributed by atoms with Gasteiger partial charge in [0.25, 0.3) is 0 Å². The molecular formula is C28H29N3O4. The van der Waals surface area contributed by atoms with Crippen LogP contribution in [-0.4, -0.2) is 56.8 Å². The lowest BCUT2D eigenvalue weighted by atomic mass is 10.0. The van der Waals surface area contributed by atoms with Gasteiger partial charge in [-0.1, -0.05) is 91.0 Å². The number of hydrogen-bond donors (Lipinski definition) is 1. The third-order valence-electron chi connectivity index (χ3n) is 6.57. The summed E-state index contributed by atoms with van der Waals surface area (Å²) in [6.07, 6.45) is 0. The highest BCUT2D eigenvalue weighted by molar-refractivity contribution is 5.98. The maximum atomic E-state index is 13.9. The fourth-order valence-electron chi connectivity index (χ4n) is 4.53. The summed E-state index contributed by atoms with van der Waals surface area (Å²) < 4.78 is 0. The van der Waals surface area contributed by atoms with Crippen molar-refractivity contribution in [3.63, 3.8) is 0 Å². The van der Waals surface area contributed by atoms with E-state index in [4.69, 9.17) is 0 Å². The van der Waals surface area contributed by atoms with Crippen LogP contribution in [0.15, 0.2) is 91.0 Å². The Morgan fingerprint density at radius 3 is 1.69 bits per heavy atom. The van der Waals surface area contributed by atoms with E-state index in [-0.39, 0.29) is 19.1 Å². The largest absolute Gasteiger partial charge is 0.480 e. The average Bonchev–Trinajstić information content (AvgIpc) is 3.15. The Kier molecular flexibility index (Phi) is 7.15. The molecule has 3 aromatic carbocycles. The molecule has 180 valence electrons. The molecule has 1 fully saturated rings. The summed E-state index contributed by atoms with van der Waals surface area (Å²) in [5, 5.41) is 10.2. The zero-order valence-corrected chi connectivity index (χ0v) is 19.8. The van der Waals surface area contributed by atoms with Gasteiger partial charge in [-0.15, -0.1) is 0 Å². The van der Waals surface area contributed by atoms with Crippen LogP contribution >= 0.6 is 0 Å². The first-order valence-electron chi connectivity index (χ1n) is 11.6. The van der Waals surface area contributed by atoms with Gasteiger partial charge in [0.1, 0.15) is 6.04 Å². The maximum Gasteiger partial charge on any atom is 0.329 e. The molecule has 0 bridgehead atoms. The molecule has 0 unspecified atom stereocenters. The first-order valence-corrected chi connectivity index (χ1v) is 11.6. The summed E-state index contributed by atoms with van der Waals surface area (Å²) in [6, 6.07) is 24.8. The SMILES string of the molecule is C[C@H](c1ccccc1)N(C)C(=O)[C@H]1[C@@H](C(=O)O)N(Cc2ccccc2)C(=O)N1Cc1ccccc1. The molecule has 0 aliphatic carbocycles. The lowest BCUT2D eigenvalue weighted by molar-refractivity contribution is -0.148. The molecule has 1 N–H and O–H groups in total. The third kappa shape index (κ3) is 5.04. The number of hydrogen-bond acceptors (Lipinski definition) is 3. The Morgan fingerprint density at radius 1 is 0.800 bits per heavy atom. The molecule has 0 spiro atoms. The number of rotatable bonds is 8. The zero-order chi connectivity index (χ0) is 24.9. The molecule has 0 aromatic heterocycles. The highest BCUT2D eigenvalue weighted by Crippen LogP contribution is 2.31. The minimum absolute atomic E-state index is 0.101. The van der Waals surface area contributed by atoms with E-state index >= 15 is 0 Å². The van der Waals surface area contributed by atoms with Crippen LogP contribution in [0, 0.1) is 0 Å². The number of benzene rings is 3. The van der Waals surface area contributed by atoms with Gasteiger partial charge in [0, 0.05) is 20.1 Å². The summed E-state index contributed by atoms with van der Waals surface area (Å²) in [5.41, 5.74) is 2.55. The molecule has 35 heavy (non-hydrogen) atoms. The molecule has 4 rings (SSSR count). The second kappa shape index (κ2) is 10.4. The summed E-state index contributed by atoms with van der Waals surface area (Å²) in [4.78, 5) is 44.2. The molecule has 0 saturated carbocycles. The number of urea groups is 1. The van der Waals surface area contributed by atoms with Gasteiger partial charge >= 0.3 is 12.0 Å². The topological polar surface area (TPSA) is 81.2 Å². The number of amides is 3. The van der Waals surface area contributed by atoms with Crippen LogP contribution in [0.5, 0.6) is 0 Å². The van der Waals surface area contributed by atoms with E-state index in [0.29, 0.717) is 0 Å². The average molecular weight is 472 g/mol. The van der Waals surface area contributed by atoms with E-state index in [2.05, 4.69) is 0 Å². The number of likely N-dealkylation sites (N-methyl/N-ethyl adjacent to an activating group) is 1. The fourth-order valence-corrected chi connectivity index (χ4v) is 4.53. The molecule has 3 amide bonds. The van der Waals surface area contributed by atoms with E-state index in [1.165, 1.54) is 14.7 Å². The van der Waals surface area contributed by atoms with Crippen molar-refractivity contribution in [1.29, 1.82) is 0 Å². The number of carboxylic acid groups (broad SMARTS) is 1. The Hall–Kier alpha value is -4.13. The Bertz CT molecular complexity index is 1170. The molecule has 7 heteroatoms. The highest BCUT2D eigenvalue weighted by atomic mass is 16.4. The molecule has 1 aliphatic heterocycles. The summed E-state index contributed by atoms with van der Waals surface area (Å²) in [6.45, 7) is 2.13. The minimum atomic E-state index is -1.32. The van der Waals surface area contributed by atoms with Crippen molar-refractivity contribution in [3.8, 4) is 0 Å². The fraction of sp³-hybridized carbons (Fsp3) is 0.250. The summed E-state index contributed by atoms with van der Waals surface area (Å²) in [7, 11) is 1.66. The van der Waals surface area contributed by atoms with Crippen LogP contribution < -0.4 is 0 Å². The predicted octanol–water partition coefficient (Wildman–Crippen LogP) is 4.17. The second-order valence-corrected chi connectivity index (χ2v) is 8.77. The van der Waals surface area contributed by atoms with Crippen LogP contribution in [-0.2, 0) is 22.7 Å². The molecule has 1 aliphatic rings.